The zero-order valence-electron chi connectivity index (χ0n) is 13.5. The molecule has 0 fully saturated rings. The molecular weight excluding hydrogens is 333 g/mol. The highest BCUT2D eigenvalue weighted by Crippen LogP contribution is 2.33. The lowest BCUT2D eigenvalue weighted by molar-refractivity contribution is -0.137. The number of benzene rings is 1. The molecule has 5 nitrogen and oxygen atoms in total. The van der Waals surface area contributed by atoms with Gasteiger partial charge in [0.25, 0.3) is 0 Å². The Hall–Kier alpha value is -2.90. The summed E-state index contributed by atoms with van der Waals surface area (Å²) < 4.78 is 40.2. The molecular formula is C17H15F3N4O. The molecule has 2 N–H and O–H groups in total. The minimum absolute atomic E-state index is 0.369. The fourth-order valence-corrected chi connectivity index (χ4v) is 2.49. The van der Waals surface area contributed by atoms with Gasteiger partial charge in [0, 0.05) is 11.8 Å². The fourth-order valence-electron chi connectivity index (χ4n) is 2.49. The normalized spacial score (nSPS) is 12.5. The number of nitrogens with zero attached hydrogens (tertiary/aromatic N) is 3. The van der Waals surface area contributed by atoms with Crippen molar-refractivity contribution in [1.82, 2.24) is 14.8 Å². The van der Waals surface area contributed by atoms with Crippen LogP contribution < -0.4 is 5.73 Å². The molecule has 0 radical (unpaired) electrons. The van der Waals surface area contributed by atoms with Crippen LogP contribution in [-0.4, -0.2) is 20.7 Å². The summed E-state index contributed by atoms with van der Waals surface area (Å²) in [5.74, 6) is -0.582. The zero-order chi connectivity index (χ0) is 18.4. The number of hydrogen-bond donors (Lipinski definition) is 1. The van der Waals surface area contributed by atoms with Gasteiger partial charge in [0.15, 0.2) is 0 Å². The molecule has 1 aromatic carbocycles. The van der Waals surface area contributed by atoms with Crippen LogP contribution in [0.3, 0.4) is 0 Å². The number of fused-ring (bicyclic) bond motifs is 1. The molecule has 0 unspecified atom stereocenters. The van der Waals surface area contributed by atoms with E-state index in [-0.39, 0.29) is 0 Å². The molecule has 2 heterocycles. The van der Waals surface area contributed by atoms with E-state index in [4.69, 9.17) is 5.73 Å². The van der Waals surface area contributed by atoms with Gasteiger partial charge in [-0.1, -0.05) is 12.1 Å². The van der Waals surface area contributed by atoms with Crippen molar-refractivity contribution in [2.75, 3.05) is 0 Å². The average Bonchev–Trinajstić information content (AvgIpc) is 2.97. The van der Waals surface area contributed by atoms with E-state index in [1.165, 1.54) is 23.1 Å². The monoisotopic (exact) mass is 348 g/mol. The highest BCUT2D eigenvalue weighted by atomic mass is 19.4. The molecule has 0 saturated carbocycles. The van der Waals surface area contributed by atoms with Crippen LogP contribution in [0.1, 0.15) is 19.4 Å². The Labute approximate surface area is 141 Å². The fraction of sp³-hybridized carbons (Fsp3) is 0.235. The van der Waals surface area contributed by atoms with E-state index < -0.39 is 23.2 Å². The summed E-state index contributed by atoms with van der Waals surface area (Å²) in [4.78, 5) is 15.9. The van der Waals surface area contributed by atoms with Gasteiger partial charge in [-0.25, -0.2) is 4.68 Å². The van der Waals surface area contributed by atoms with Crippen molar-refractivity contribution >= 4 is 16.9 Å². The van der Waals surface area contributed by atoms with E-state index in [1.807, 2.05) is 0 Å². The van der Waals surface area contributed by atoms with Crippen LogP contribution in [0.15, 0.2) is 42.7 Å². The molecule has 0 aliphatic rings. The third kappa shape index (κ3) is 2.95. The van der Waals surface area contributed by atoms with Crippen LogP contribution in [0, 0.1) is 0 Å². The van der Waals surface area contributed by atoms with Gasteiger partial charge in [-0.3, -0.25) is 9.78 Å². The number of hydrogen-bond acceptors (Lipinski definition) is 3. The molecule has 3 rings (SSSR count). The Kier molecular flexibility index (Phi) is 3.78. The number of pyridine rings is 1. The smallest absolute Gasteiger partial charge is 0.368 e. The van der Waals surface area contributed by atoms with Gasteiger partial charge in [0.2, 0.25) is 5.91 Å². The number of halogens is 3. The summed E-state index contributed by atoms with van der Waals surface area (Å²) in [5.41, 5.74) is 5.47. The predicted molar refractivity (Wildman–Crippen MR) is 86.5 cm³/mol. The molecule has 2 aromatic heterocycles. The van der Waals surface area contributed by atoms with Crippen LogP contribution in [0.4, 0.5) is 13.2 Å². The first-order valence-corrected chi connectivity index (χ1v) is 7.42. The SMILES string of the molecule is CC(C)(C(N)=O)n1ncc2ncc(-c3cccc(C(F)(F)F)c3)cc21. The van der Waals surface area contributed by atoms with Gasteiger partial charge in [0.1, 0.15) is 11.1 Å². The first-order valence-electron chi connectivity index (χ1n) is 7.42. The number of alkyl halides is 3. The van der Waals surface area contributed by atoms with Gasteiger partial charge in [-0.15, -0.1) is 0 Å². The Morgan fingerprint density at radius 2 is 1.84 bits per heavy atom. The predicted octanol–water partition coefficient (Wildman–Crippen LogP) is 3.34. The van der Waals surface area contributed by atoms with Crippen LogP contribution in [-0.2, 0) is 16.5 Å². The molecule has 1 amide bonds. The van der Waals surface area contributed by atoms with Crippen LogP contribution in [0.2, 0.25) is 0 Å². The van der Waals surface area contributed by atoms with E-state index in [0.717, 1.165) is 12.1 Å². The lowest BCUT2D eigenvalue weighted by Gasteiger charge is -2.22. The lowest BCUT2D eigenvalue weighted by atomic mass is 10.0. The number of carbonyl (C=O) groups excluding carboxylic acids is 1. The summed E-state index contributed by atoms with van der Waals surface area (Å²) >= 11 is 0. The molecule has 0 aliphatic heterocycles. The van der Waals surface area contributed by atoms with Crippen LogP contribution in [0.5, 0.6) is 0 Å². The summed E-state index contributed by atoms with van der Waals surface area (Å²) in [5, 5.41) is 4.15. The van der Waals surface area contributed by atoms with Crippen molar-refractivity contribution in [2.24, 2.45) is 5.73 Å². The highest BCUT2D eigenvalue weighted by molar-refractivity contribution is 5.86. The first kappa shape index (κ1) is 16.9. The molecule has 0 aliphatic carbocycles. The van der Waals surface area contributed by atoms with Gasteiger partial charge in [0.05, 0.1) is 17.3 Å². The van der Waals surface area contributed by atoms with Crippen molar-refractivity contribution in [1.29, 1.82) is 0 Å². The van der Waals surface area contributed by atoms with Gasteiger partial charge >= 0.3 is 6.18 Å². The molecule has 3 aromatic rings. The largest absolute Gasteiger partial charge is 0.416 e. The number of amides is 1. The molecule has 130 valence electrons. The zero-order valence-corrected chi connectivity index (χ0v) is 13.5. The van der Waals surface area contributed by atoms with Crippen LogP contribution in [0.25, 0.3) is 22.2 Å². The van der Waals surface area contributed by atoms with Crippen LogP contribution >= 0.6 is 0 Å². The third-order valence-electron chi connectivity index (χ3n) is 4.08. The van der Waals surface area contributed by atoms with Crippen molar-refractivity contribution in [2.45, 2.75) is 25.6 Å². The Morgan fingerprint density at radius 3 is 2.48 bits per heavy atom. The number of carbonyl (C=O) groups is 1. The second kappa shape index (κ2) is 5.58. The quantitative estimate of drug-likeness (QED) is 0.789. The summed E-state index contributed by atoms with van der Waals surface area (Å²) in [7, 11) is 0. The van der Waals surface area contributed by atoms with E-state index in [2.05, 4.69) is 10.1 Å². The lowest BCUT2D eigenvalue weighted by Crippen LogP contribution is -2.41. The first-order chi connectivity index (χ1) is 11.6. The minimum Gasteiger partial charge on any atom is -0.368 e. The molecule has 0 spiro atoms. The van der Waals surface area contributed by atoms with Crippen molar-refractivity contribution in [3.63, 3.8) is 0 Å². The summed E-state index contributed by atoms with van der Waals surface area (Å²) in [6.07, 6.45) is -1.47. The molecule has 0 bridgehead atoms. The van der Waals surface area contributed by atoms with E-state index in [1.54, 1.807) is 26.0 Å². The maximum absolute atomic E-state index is 12.9. The maximum Gasteiger partial charge on any atom is 0.416 e. The summed E-state index contributed by atoms with van der Waals surface area (Å²) in [6.45, 7) is 3.22. The van der Waals surface area contributed by atoms with Gasteiger partial charge in [-0.05, 0) is 37.6 Å². The number of primary amides is 1. The molecule has 8 heteroatoms. The number of aromatic nitrogens is 3. The average molecular weight is 348 g/mol. The minimum atomic E-state index is -4.43. The highest BCUT2D eigenvalue weighted by Gasteiger charge is 2.31. The Morgan fingerprint density at radius 1 is 1.12 bits per heavy atom. The molecule has 0 atom stereocenters. The maximum atomic E-state index is 12.9. The second-order valence-corrected chi connectivity index (χ2v) is 6.19. The molecule has 0 saturated heterocycles. The van der Waals surface area contributed by atoms with Gasteiger partial charge in [-0.2, -0.15) is 18.3 Å². The standard InChI is InChI=1S/C17H15F3N4O/c1-16(2,15(21)25)24-14-7-11(8-22-13(14)9-23-24)10-4-3-5-12(6-10)17(18,19)20/h3-9H,1-2H3,(H2,21,25). The third-order valence-corrected chi connectivity index (χ3v) is 4.08. The van der Waals surface area contributed by atoms with E-state index >= 15 is 0 Å². The Balaban J connectivity index is 2.15. The van der Waals surface area contributed by atoms with Crippen molar-refractivity contribution in [3.8, 4) is 11.1 Å². The van der Waals surface area contributed by atoms with Crippen molar-refractivity contribution in [3.05, 3.63) is 48.3 Å². The second-order valence-electron chi connectivity index (χ2n) is 6.19. The van der Waals surface area contributed by atoms with E-state index in [0.29, 0.717) is 22.2 Å². The number of nitrogens with two attached hydrogens (primary N) is 1. The topological polar surface area (TPSA) is 73.8 Å². The summed E-state index contributed by atoms with van der Waals surface area (Å²) in [6, 6.07) is 6.62. The van der Waals surface area contributed by atoms with Gasteiger partial charge < -0.3 is 5.73 Å². The van der Waals surface area contributed by atoms with E-state index in [9.17, 15) is 18.0 Å². The Bertz CT molecular complexity index is 960. The number of rotatable bonds is 3. The molecule has 25 heavy (non-hydrogen) atoms. The van der Waals surface area contributed by atoms with Crippen molar-refractivity contribution < 1.29 is 18.0 Å².